The molecule has 5 nitrogen and oxygen atoms in total. The van der Waals surface area contributed by atoms with Crippen LogP contribution in [0.4, 0.5) is 0 Å². The topological polar surface area (TPSA) is 57.1 Å². The zero-order valence-electron chi connectivity index (χ0n) is 13.9. The second-order valence-electron chi connectivity index (χ2n) is 6.09. The van der Waals surface area contributed by atoms with Gasteiger partial charge in [-0.05, 0) is 40.6 Å². The number of carbonyl (C=O) groups excluding carboxylic acids is 1. The van der Waals surface area contributed by atoms with E-state index in [1.807, 2.05) is 48.5 Å². The van der Waals surface area contributed by atoms with Crippen LogP contribution in [0, 0.1) is 0 Å². The monoisotopic (exact) mass is 421 g/mol. The van der Waals surface area contributed by atoms with E-state index in [1.165, 1.54) is 0 Å². The van der Waals surface area contributed by atoms with E-state index < -0.39 is 5.97 Å². The third-order valence-electron chi connectivity index (χ3n) is 4.42. The van der Waals surface area contributed by atoms with Crippen molar-refractivity contribution in [3.8, 4) is 11.5 Å². The van der Waals surface area contributed by atoms with Gasteiger partial charge in [0.15, 0.2) is 17.2 Å². The molecule has 132 valence electrons. The molecule has 0 bridgehead atoms. The molecule has 0 spiro atoms. The van der Waals surface area contributed by atoms with Crippen molar-refractivity contribution >= 4 is 44.6 Å². The number of ether oxygens (including phenoxy) is 3. The molecule has 2 heterocycles. The molecule has 6 heteroatoms. The van der Waals surface area contributed by atoms with Crippen molar-refractivity contribution in [1.82, 2.24) is 0 Å². The minimum atomic E-state index is -0.484. The summed E-state index contributed by atoms with van der Waals surface area (Å²) in [5.41, 5.74) is 1.78. The van der Waals surface area contributed by atoms with Crippen LogP contribution in [0.3, 0.4) is 0 Å². The molecule has 0 radical (unpaired) electrons. The highest BCUT2D eigenvalue weighted by atomic mass is 79.9. The fourth-order valence-corrected chi connectivity index (χ4v) is 3.56. The first-order valence-corrected chi connectivity index (χ1v) is 9.08. The van der Waals surface area contributed by atoms with E-state index in [2.05, 4.69) is 20.9 Å². The maximum atomic E-state index is 12.4. The first-order chi connectivity index (χ1) is 13.2. The molecular weight excluding hydrogens is 410 g/mol. The van der Waals surface area contributed by atoms with Crippen LogP contribution in [0.15, 0.2) is 69.8 Å². The van der Waals surface area contributed by atoms with Crippen molar-refractivity contribution in [3.63, 3.8) is 0 Å². The second-order valence-corrected chi connectivity index (χ2v) is 6.94. The largest absolute Gasteiger partial charge is 0.454 e. The highest BCUT2D eigenvalue weighted by Crippen LogP contribution is 2.38. The van der Waals surface area contributed by atoms with Gasteiger partial charge >= 0.3 is 5.97 Å². The fourth-order valence-electron chi connectivity index (χ4n) is 3.13. The van der Waals surface area contributed by atoms with Crippen molar-refractivity contribution in [1.29, 1.82) is 0 Å². The van der Waals surface area contributed by atoms with E-state index in [-0.39, 0.29) is 12.5 Å². The standard InChI is InChI=1S/C21H12BrNO4/c22-16-10-19-18(25-11-26-19)9-13(16)8-17-21(24)27-20(23-17)15-7-3-5-12-4-1-2-6-14(12)15/h1-10H,11H2/b17-8-. The van der Waals surface area contributed by atoms with Crippen LogP contribution in [0.5, 0.6) is 11.5 Å². The van der Waals surface area contributed by atoms with Gasteiger partial charge in [0.2, 0.25) is 12.7 Å². The smallest absolute Gasteiger partial charge is 0.363 e. The number of rotatable bonds is 2. The van der Waals surface area contributed by atoms with E-state index in [1.54, 1.807) is 12.1 Å². The molecule has 0 aromatic heterocycles. The Morgan fingerprint density at radius 3 is 2.67 bits per heavy atom. The number of carbonyl (C=O) groups is 1. The second kappa shape index (κ2) is 6.25. The lowest BCUT2D eigenvalue weighted by molar-refractivity contribution is -0.129. The normalized spacial score (nSPS) is 16.7. The van der Waals surface area contributed by atoms with Gasteiger partial charge in [-0.15, -0.1) is 0 Å². The Bertz CT molecular complexity index is 1160. The van der Waals surface area contributed by atoms with Crippen LogP contribution in [0.1, 0.15) is 11.1 Å². The van der Waals surface area contributed by atoms with Gasteiger partial charge in [-0.1, -0.05) is 52.3 Å². The molecule has 3 aromatic carbocycles. The van der Waals surface area contributed by atoms with Crippen LogP contribution < -0.4 is 9.47 Å². The minimum absolute atomic E-state index is 0.188. The number of benzene rings is 3. The quantitative estimate of drug-likeness (QED) is 0.445. The number of nitrogens with zero attached hydrogens (tertiary/aromatic N) is 1. The van der Waals surface area contributed by atoms with Crippen molar-refractivity contribution < 1.29 is 19.0 Å². The predicted octanol–water partition coefficient (Wildman–Crippen LogP) is 4.68. The Kier molecular flexibility index (Phi) is 3.72. The van der Waals surface area contributed by atoms with Gasteiger partial charge in [0, 0.05) is 10.0 Å². The summed E-state index contributed by atoms with van der Waals surface area (Å²) in [6.45, 7) is 0.188. The van der Waals surface area contributed by atoms with Gasteiger partial charge in [-0.25, -0.2) is 9.79 Å². The molecule has 0 unspecified atom stereocenters. The molecule has 0 fully saturated rings. The molecule has 2 aliphatic rings. The molecule has 3 aromatic rings. The summed E-state index contributed by atoms with van der Waals surface area (Å²) in [6.07, 6.45) is 1.67. The molecule has 0 saturated carbocycles. The van der Waals surface area contributed by atoms with Crippen molar-refractivity contribution in [2.24, 2.45) is 4.99 Å². The third kappa shape index (κ3) is 2.78. The molecule has 0 N–H and O–H groups in total. The average Bonchev–Trinajstić information content (AvgIpc) is 3.28. The lowest BCUT2D eigenvalue weighted by Gasteiger charge is -2.04. The number of cyclic esters (lactones) is 1. The molecule has 0 saturated heterocycles. The summed E-state index contributed by atoms with van der Waals surface area (Å²) in [7, 11) is 0. The van der Waals surface area contributed by atoms with Crippen molar-refractivity contribution in [2.45, 2.75) is 0 Å². The Hall–Kier alpha value is -3.12. The van der Waals surface area contributed by atoms with E-state index in [4.69, 9.17) is 14.2 Å². The number of hydrogen-bond acceptors (Lipinski definition) is 5. The van der Waals surface area contributed by atoms with Gasteiger partial charge < -0.3 is 14.2 Å². The third-order valence-corrected chi connectivity index (χ3v) is 5.11. The van der Waals surface area contributed by atoms with Gasteiger partial charge in [0.1, 0.15) is 0 Å². The van der Waals surface area contributed by atoms with Gasteiger partial charge in [0.25, 0.3) is 0 Å². The Morgan fingerprint density at radius 2 is 1.78 bits per heavy atom. The highest BCUT2D eigenvalue weighted by Gasteiger charge is 2.26. The van der Waals surface area contributed by atoms with Crippen molar-refractivity contribution in [2.75, 3.05) is 6.79 Å². The Labute approximate surface area is 163 Å². The maximum absolute atomic E-state index is 12.4. The number of hydrogen-bond donors (Lipinski definition) is 0. The summed E-state index contributed by atoms with van der Waals surface area (Å²) in [5, 5.41) is 2.04. The van der Waals surface area contributed by atoms with Crippen LogP contribution in [0.25, 0.3) is 16.8 Å². The van der Waals surface area contributed by atoms with E-state index in [9.17, 15) is 4.79 Å². The lowest BCUT2D eigenvalue weighted by Crippen LogP contribution is -2.05. The number of halogens is 1. The molecule has 0 aliphatic carbocycles. The molecule has 0 amide bonds. The summed E-state index contributed by atoms with van der Waals surface area (Å²) in [4.78, 5) is 16.8. The number of aliphatic imine (C=N–C) groups is 1. The van der Waals surface area contributed by atoms with E-state index in [0.717, 1.165) is 26.4 Å². The summed E-state index contributed by atoms with van der Waals surface area (Å²) in [5.74, 6) is 1.12. The Balaban J connectivity index is 1.58. The number of esters is 1. The lowest BCUT2D eigenvalue weighted by atomic mass is 10.0. The van der Waals surface area contributed by atoms with Crippen LogP contribution >= 0.6 is 15.9 Å². The van der Waals surface area contributed by atoms with Gasteiger partial charge in [-0.2, -0.15) is 0 Å². The van der Waals surface area contributed by atoms with Gasteiger partial charge in [0.05, 0.1) is 0 Å². The van der Waals surface area contributed by atoms with Crippen molar-refractivity contribution in [3.05, 3.63) is 75.9 Å². The summed E-state index contributed by atoms with van der Waals surface area (Å²) in [6, 6.07) is 17.4. The van der Waals surface area contributed by atoms with Crippen LogP contribution in [0.2, 0.25) is 0 Å². The molecule has 27 heavy (non-hydrogen) atoms. The summed E-state index contributed by atoms with van der Waals surface area (Å²) >= 11 is 3.49. The van der Waals surface area contributed by atoms with Crippen LogP contribution in [-0.4, -0.2) is 18.7 Å². The molecule has 5 rings (SSSR count). The molecule has 0 atom stereocenters. The summed E-state index contributed by atoms with van der Waals surface area (Å²) < 4.78 is 17.0. The highest BCUT2D eigenvalue weighted by molar-refractivity contribution is 9.10. The van der Waals surface area contributed by atoms with E-state index in [0.29, 0.717) is 17.4 Å². The predicted molar refractivity (Wildman–Crippen MR) is 105 cm³/mol. The first-order valence-electron chi connectivity index (χ1n) is 8.29. The first kappa shape index (κ1) is 16.1. The van der Waals surface area contributed by atoms with E-state index >= 15 is 0 Å². The minimum Gasteiger partial charge on any atom is -0.454 e. The SMILES string of the molecule is O=C1OC(c2cccc3ccccc23)=N/C1=C\c1cc2c(cc1Br)OCO2. The zero-order chi connectivity index (χ0) is 18.4. The molecular formula is C21H12BrNO4. The molecule has 2 aliphatic heterocycles. The maximum Gasteiger partial charge on any atom is 0.363 e. The fraction of sp³-hybridized carbons (Fsp3) is 0.0476. The van der Waals surface area contributed by atoms with Crippen LogP contribution in [-0.2, 0) is 9.53 Å². The van der Waals surface area contributed by atoms with Gasteiger partial charge in [-0.3, -0.25) is 0 Å². The number of fused-ring (bicyclic) bond motifs is 2. The average molecular weight is 422 g/mol. The zero-order valence-corrected chi connectivity index (χ0v) is 15.5. The Morgan fingerprint density at radius 1 is 1.00 bits per heavy atom.